The maximum absolute atomic E-state index is 5.53. The van der Waals surface area contributed by atoms with E-state index in [9.17, 15) is 0 Å². The summed E-state index contributed by atoms with van der Waals surface area (Å²) in [5.41, 5.74) is 8.23. The zero-order chi connectivity index (χ0) is 13.0. The minimum Gasteiger partial charge on any atom is -0.472 e. The van der Waals surface area contributed by atoms with E-state index in [2.05, 4.69) is 9.97 Å². The van der Waals surface area contributed by atoms with Gasteiger partial charge >= 0.3 is 0 Å². The average Bonchev–Trinajstić information content (AvgIpc) is 2.38. The molecule has 0 radical (unpaired) electrons. The molecule has 1 heterocycles. The lowest BCUT2D eigenvalue weighted by atomic mass is 10.2. The van der Waals surface area contributed by atoms with Crippen molar-refractivity contribution in [2.24, 2.45) is 5.73 Å². The summed E-state index contributed by atoms with van der Waals surface area (Å²) in [5, 5.41) is 0. The number of benzene rings is 1. The molecule has 0 saturated carbocycles. The molecule has 0 spiro atoms. The van der Waals surface area contributed by atoms with Crippen molar-refractivity contribution < 1.29 is 4.74 Å². The van der Waals surface area contributed by atoms with Crippen LogP contribution in [0.25, 0.3) is 0 Å². The summed E-state index contributed by atoms with van der Waals surface area (Å²) in [6.07, 6.45) is 3.05. The van der Waals surface area contributed by atoms with E-state index in [1.165, 1.54) is 18.0 Å². The number of aryl methyl sites for hydroxylation is 1. The Bertz CT molecular complexity index is 554. The SMILES string of the molecule is Cc1ccc(COc2cncc(C(N)=S)n2)cc1. The van der Waals surface area contributed by atoms with Crippen molar-refractivity contribution in [3.05, 3.63) is 53.5 Å². The van der Waals surface area contributed by atoms with Crippen molar-refractivity contribution in [3.8, 4) is 5.88 Å². The molecule has 1 aromatic carbocycles. The number of hydrogen-bond acceptors (Lipinski definition) is 4. The van der Waals surface area contributed by atoms with Gasteiger partial charge in [0.25, 0.3) is 0 Å². The molecule has 4 nitrogen and oxygen atoms in total. The number of aromatic nitrogens is 2. The summed E-state index contributed by atoms with van der Waals surface area (Å²) in [4.78, 5) is 8.34. The summed E-state index contributed by atoms with van der Waals surface area (Å²) in [6, 6.07) is 8.10. The minimum absolute atomic E-state index is 0.211. The van der Waals surface area contributed by atoms with Gasteiger partial charge in [-0.25, -0.2) is 4.98 Å². The largest absolute Gasteiger partial charge is 0.472 e. The van der Waals surface area contributed by atoms with E-state index in [1.54, 1.807) is 0 Å². The lowest BCUT2D eigenvalue weighted by Gasteiger charge is -2.06. The van der Waals surface area contributed by atoms with Crippen LogP contribution in [0.3, 0.4) is 0 Å². The number of ether oxygens (including phenoxy) is 1. The summed E-state index contributed by atoms with van der Waals surface area (Å²) in [6.45, 7) is 2.48. The van der Waals surface area contributed by atoms with E-state index < -0.39 is 0 Å². The second-order valence-corrected chi connectivity index (χ2v) is 4.32. The van der Waals surface area contributed by atoms with Gasteiger partial charge < -0.3 is 10.5 Å². The molecule has 0 unspecified atom stereocenters. The molecule has 0 aliphatic rings. The highest BCUT2D eigenvalue weighted by molar-refractivity contribution is 7.80. The van der Waals surface area contributed by atoms with Crippen LogP contribution in [0.4, 0.5) is 0 Å². The maximum Gasteiger partial charge on any atom is 0.233 e. The molecule has 0 bridgehead atoms. The van der Waals surface area contributed by atoms with Crippen molar-refractivity contribution >= 4 is 17.2 Å². The molecular weight excluding hydrogens is 246 g/mol. The summed E-state index contributed by atoms with van der Waals surface area (Å²) >= 11 is 4.83. The Morgan fingerprint density at radius 3 is 2.67 bits per heavy atom. The maximum atomic E-state index is 5.53. The first-order chi connectivity index (χ1) is 8.65. The molecule has 0 atom stereocenters. The molecule has 0 aliphatic carbocycles. The normalized spacial score (nSPS) is 10.1. The molecule has 5 heteroatoms. The Kier molecular flexibility index (Phi) is 3.84. The number of thiocarbonyl (C=S) groups is 1. The van der Waals surface area contributed by atoms with Gasteiger partial charge in [0, 0.05) is 0 Å². The van der Waals surface area contributed by atoms with Gasteiger partial charge in [0.1, 0.15) is 17.3 Å². The van der Waals surface area contributed by atoms with Gasteiger partial charge in [-0.05, 0) is 12.5 Å². The summed E-state index contributed by atoms with van der Waals surface area (Å²) in [5.74, 6) is 0.417. The standard InChI is InChI=1S/C13H13N3OS/c1-9-2-4-10(5-3-9)8-17-12-7-15-6-11(16-12)13(14)18/h2-7H,8H2,1H3,(H2,14,18). The fraction of sp³-hybridized carbons (Fsp3) is 0.154. The molecule has 2 N–H and O–H groups in total. The Morgan fingerprint density at radius 1 is 1.28 bits per heavy atom. The number of nitrogens with zero attached hydrogens (tertiary/aromatic N) is 2. The number of nitrogens with two attached hydrogens (primary N) is 1. The Balaban J connectivity index is 2.04. The first-order valence-electron chi connectivity index (χ1n) is 5.45. The van der Waals surface area contributed by atoms with E-state index in [4.69, 9.17) is 22.7 Å². The first kappa shape index (κ1) is 12.4. The van der Waals surface area contributed by atoms with Crippen molar-refractivity contribution in [2.75, 3.05) is 0 Å². The van der Waals surface area contributed by atoms with Crippen molar-refractivity contribution in [2.45, 2.75) is 13.5 Å². The van der Waals surface area contributed by atoms with Crippen LogP contribution in [-0.2, 0) is 6.61 Å². The third-order valence-electron chi connectivity index (χ3n) is 2.37. The van der Waals surface area contributed by atoms with Crippen LogP contribution in [-0.4, -0.2) is 15.0 Å². The second-order valence-electron chi connectivity index (χ2n) is 3.88. The van der Waals surface area contributed by atoms with Crippen LogP contribution in [0.2, 0.25) is 0 Å². The fourth-order valence-corrected chi connectivity index (χ4v) is 1.48. The molecule has 0 fully saturated rings. The molecule has 0 amide bonds. The van der Waals surface area contributed by atoms with Crippen LogP contribution in [0.1, 0.15) is 16.8 Å². The van der Waals surface area contributed by atoms with Gasteiger partial charge in [0.15, 0.2) is 0 Å². The quantitative estimate of drug-likeness (QED) is 0.851. The predicted octanol–water partition coefficient (Wildman–Crippen LogP) is 2.00. The van der Waals surface area contributed by atoms with Gasteiger partial charge in [0.05, 0.1) is 12.4 Å². The Hall–Kier alpha value is -2.01. The van der Waals surface area contributed by atoms with E-state index in [1.807, 2.05) is 31.2 Å². The monoisotopic (exact) mass is 259 g/mol. The molecule has 0 aliphatic heterocycles. The second kappa shape index (κ2) is 5.55. The lowest BCUT2D eigenvalue weighted by Crippen LogP contribution is -2.12. The van der Waals surface area contributed by atoms with E-state index in [0.29, 0.717) is 18.2 Å². The highest BCUT2D eigenvalue weighted by atomic mass is 32.1. The van der Waals surface area contributed by atoms with Gasteiger partial charge in [-0.1, -0.05) is 42.0 Å². The predicted molar refractivity (Wildman–Crippen MR) is 73.4 cm³/mol. The third-order valence-corrected chi connectivity index (χ3v) is 2.58. The number of hydrogen-bond donors (Lipinski definition) is 1. The van der Waals surface area contributed by atoms with E-state index >= 15 is 0 Å². The average molecular weight is 259 g/mol. The lowest BCUT2D eigenvalue weighted by molar-refractivity contribution is 0.292. The first-order valence-corrected chi connectivity index (χ1v) is 5.86. The smallest absolute Gasteiger partial charge is 0.233 e. The van der Waals surface area contributed by atoms with Gasteiger partial charge in [0.2, 0.25) is 5.88 Å². The van der Waals surface area contributed by atoms with Crippen LogP contribution in [0.15, 0.2) is 36.7 Å². The molecule has 92 valence electrons. The molecule has 1 aromatic heterocycles. The van der Waals surface area contributed by atoms with E-state index in [-0.39, 0.29) is 4.99 Å². The van der Waals surface area contributed by atoms with E-state index in [0.717, 1.165) is 5.56 Å². The summed E-state index contributed by atoms with van der Waals surface area (Å²) < 4.78 is 5.53. The Labute approximate surface area is 111 Å². The zero-order valence-electron chi connectivity index (χ0n) is 9.96. The molecule has 2 rings (SSSR count). The van der Waals surface area contributed by atoms with Crippen molar-refractivity contribution in [3.63, 3.8) is 0 Å². The third kappa shape index (κ3) is 3.24. The van der Waals surface area contributed by atoms with Crippen LogP contribution < -0.4 is 10.5 Å². The highest BCUT2D eigenvalue weighted by Gasteiger charge is 2.02. The Morgan fingerprint density at radius 2 is 2.00 bits per heavy atom. The zero-order valence-corrected chi connectivity index (χ0v) is 10.8. The molecule has 2 aromatic rings. The van der Waals surface area contributed by atoms with Gasteiger partial charge in [-0.3, -0.25) is 4.98 Å². The highest BCUT2D eigenvalue weighted by Crippen LogP contribution is 2.09. The van der Waals surface area contributed by atoms with Gasteiger partial charge in [-0.15, -0.1) is 0 Å². The molecule has 18 heavy (non-hydrogen) atoms. The van der Waals surface area contributed by atoms with Crippen molar-refractivity contribution in [1.82, 2.24) is 9.97 Å². The number of rotatable bonds is 4. The van der Waals surface area contributed by atoms with Crippen LogP contribution in [0, 0.1) is 6.92 Å². The topological polar surface area (TPSA) is 61.0 Å². The van der Waals surface area contributed by atoms with Crippen LogP contribution >= 0.6 is 12.2 Å². The van der Waals surface area contributed by atoms with Crippen LogP contribution in [0.5, 0.6) is 5.88 Å². The molecule has 0 saturated heterocycles. The molecular formula is C13H13N3OS. The minimum atomic E-state index is 0.211. The van der Waals surface area contributed by atoms with Gasteiger partial charge in [-0.2, -0.15) is 0 Å². The fourth-order valence-electron chi connectivity index (χ4n) is 1.38. The van der Waals surface area contributed by atoms with Crippen molar-refractivity contribution in [1.29, 1.82) is 0 Å². The summed E-state index contributed by atoms with van der Waals surface area (Å²) in [7, 11) is 0.